The van der Waals surface area contributed by atoms with Crippen LogP contribution in [0.5, 0.6) is 11.5 Å². The van der Waals surface area contributed by atoms with E-state index in [1.54, 1.807) is 20.3 Å². The van der Waals surface area contributed by atoms with Crippen LogP contribution in [0.25, 0.3) is 0 Å². The summed E-state index contributed by atoms with van der Waals surface area (Å²) in [6.45, 7) is 3.79. The highest BCUT2D eigenvalue weighted by atomic mass is 35.5. The van der Waals surface area contributed by atoms with Crippen LogP contribution in [0.2, 0.25) is 10.0 Å². The number of piperidine rings is 1. The third kappa shape index (κ3) is 4.87. The number of fused-ring (bicyclic) bond motifs is 1. The normalized spacial score (nSPS) is 18.4. The first-order valence-electron chi connectivity index (χ1n) is 10.7. The first-order chi connectivity index (χ1) is 15.3. The molecule has 174 valence electrons. The molecular weight excluding hydrogens is 471 g/mol. The Bertz CT molecular complexity index is 1090. The van der Waals surface area contributed by atoms with Gasteiger partial charge in [0.25, 0.3) is 0 Å². The van der Waals surface area contributed by atoms with Crippen LogP contribution >= 0.6 is 23.2 Å². The largest absolute Gasteiger partial charge is 0.493 e. The molecule has 6 nitrogen and oxygen atoms in total. The van der Waals surface area contributed by atoms with Crippen molar-refractivity contribution in [2.45, 2.75) is 30.7 Å². The summed E-state index contributed by atoms with van der Waals surface area (Å²) < 4.78 is 38.5. The van der Waals surface area contributed by atoms with Crippen molar-refractivity contribution in [3.05, 3.63) is 51.5 Å². The quantitative estimate of drug-likeness (QED) is 0.587. The molecule has 2 aliphatic heterocycles. The lowest BCUT2D eigenvalue weighted by Crippen LogP contribution is -2.42. The molecule has 1 fully saturated rings. The zero-order valence-electron chi connectivity index (χ0n) is 18.3. The summed E-state index contributed by atoms with van der Waals surface area (Å²) in [5, 5.41) is 0.568. The van der Waals surface area contributed by atoms with Gasteiger partial charge in [-0.3, -0.25) is 4.90 Å². The second kappa shape index (κ2) is 9.77. The fourth-order valence-electron chi connectivity index (χ4n) is 4.61. The van der Waals surface area contributed by atoms with E-state index >= 15 is 0 Å². The molecular formula is C23H28Cl2N2O4S. The van der Waals surface area contributed by atoms with Crippen molar-refractivity contribution in [3.8, 4) is 11.5 Å². The Hall–Kier alpha value is -1.51. The molecule has 32 heavy (non-hydrogen) atoms. The number of ether oxygens (including phenoxy) is 2. The minimum atomic E-state index is -3.65. The van der Waals surface area contributed by atoms with E-state index in [0.717, 1.165) is 50.4 Å². The zero-order chi connectivity index (χ0) is 22.9. The molecule has 2 aromatic carbocycles. The monoisotopic (exact) mass is 498 g/mol. The second-order valence-corrected chi connectivity index (χ2v) is 11.1. The SMILES string of the molecule is COc1cc2c(cc1OC)CN(CC1CCN(S(=O)(=O)c3cc(Cl)ccc3Cl)CC1)CC2. The van der Waals surface area contributed by atoms with Crippen LogP contribution < -0.4 is 9.47 Å². The van der Waals surface area contributed by atoms with E-state index in [0.29, 0.717) is 24.0 Å². The lowest BCUT2D eigenvalue weighted by atomic mass is 9.94. The van der Waals surface area contributed by atoms with Crippen LogP contribution in [0.3, 0.4) is 0 Å². The standard InChI is InChI=1S/C23H28Cl2N2O4S/c1-30-21-11-17-7-8-26(15-18(17)12-22(21)31-2)14-16-5-9-27(10-6-16)32(28,29)23-13-19(24)3-4-20(23)25/h3-4,11-13,16H,5-10,14-15H2,1-2H3. The number of hydrogen-bond acceptors (Lipinski definition) is 5. The highest BCUT2D eigenvalue weighted by Gasteiger charge is 2.32. The average Bonchev–Trinajstić information content (AvgIpc) is 2.80. The topological polar surface area (TPSA) is 59.1 Å². The molecule has 0 atom stereocenters. The van der Waals surface area contributed by atoms with Gasteiger partial charge in [-0.1, -0.05) is 23.2 Å². The van der Waals surface area contributed by atoms with E-state index in [4.69, 9.17) is 32.7 Å². The molecule has 4 rings (SSSR count). The molecule has 9 heteroatoms. The van der Waals surface area contributed by atoms with Crippen molar-refractivity contribution in [2.75, 3.05) is 40.4 Å². The number of rotatable bonds is 6. The van der Waals surface area contributed by atoms with Crippen LogP contribution in [-0.2, 0) is 23.0 Å². The third-order valence-electron chi connectivity index (χ3n) is 6.40. The maximum atomic E-state index is 13.1. The molecule has 2 aromatic rings. The molecule has 0 aromatic heterocycles. The van der Waals surface area contributed by atoms with Gasteiger partial charge >= 0.3 is 0 Å². The third-order valence-corrected chi connectivity index (χ3v) is 9.01. The van der Waals surface area contributed by atoms with Crippen molar-refractivity contribution in [1.29, 1.82) is 0 Å². The maximum Gasteiger partial charge on any atom is 0.244 e. The lowest BCUT2D eigenvalue weighted by molar-refractivity contribution is 0.171. The van der Waals surface area contributed by atoms with E-state index in [1.807, 2.05) is 0 Å². The lowest BCUT2D eigenvalue weighted by Gasteiger charge is -2.36. The van der Waals surface area contributed by atoms with Crippen molar-refractivity contribution in [2.24, 2.45) is 5.92 Å². The van der Waals surface area contributed by atoms with Gasteiger partial charge < -0.3 is 9.47 Å². The van der Waals surface area contributed by atoms with Gasteiger partial charge in [0.2, 0.25) is 10.0 Å². The van der Waals surface area contributed by atoms with Gasteiger partial charge in [-0.15, -0.1) is 0 Å². The summed E-state index contributed by atoms with van der Waals surface area (Å²) in [7, 11) is -0.333. The molecule has 1 saturated heterocycles. The van der Waals surface area contributed by atoms with Crippen molar-refractivity contribution < 1.29 is 17.9 Å². The fraction of sp³-hybridized carbons (Fsp3) is 0.478. The molecule has 2 heterocycles. The summed E-state index contributed by atoms with van der Waals surface area (Å²) in [4.78, 5) is 2.54. The minimum absolute atomic E-state index is 0.0853. The molecule has 0 spiro atoms. The van der Waals surface area contributed by atoms with Crippen molar-refractivity contribution in [3.63, 3.8) is 0 Å². The van der Waals surface area contributed by atoms with Crippen LogP contribution in [-0.4, -0.2) is 58.0 Å². The Labute approximate surface area is 200 Å². The predicted octanol–water partition coefficient (Wildman–Crippen LogP) is 4.47. The number of halogens is 2. The predicted molar refractivity (Wildman–Crippen MR) is 126 cm³/mol. The smallest absolute Gasteiger partial charge is 0.244 e. The number of nitrogens with zero attached hydrogens (tertiary/aromatic N) is 2. The molecule has 0 radical (unpaired) electrons. The number of sulfonamides is 1. The first-order valence-corrected chi connectivity index (χ1v) is 12.9. The van der Waals surface area contributed by atoms with E-state index in [9.17, 15) is 8.42 Å². The summed E-state index contributed by atoms with van der Waals surface area (Å²) >= 11 is 12.2. The molecule has 0 unspecified atom stereocenters. The van der Waals surface area contributed by atoms with Crippen molar-refractivity contribution in [1.82, 2.24) is 9.21 Å². The molecule has 0 N–H and O–H groups in total. The number of benzene rings is 2. The Morgan fingerprint density at radius 1 is 0.969 bits per heavy atom. The molecule has 0 amide bonds. The average molecular weight is 499 g/mol. The molecule has 0 bridgehead atoms. The highest BCUT2D eigenvalue weighted by molar-refractivity contribution is 7.89. The van der Waals surface area contributed by atoms with Crippen molar-refractivity contribution >= 4 is 33.2 Å². The second-order valence-electron chi connectivity index (χ2n) is 8.38. The van der Waals surface area contributed by atoms with Crippen LogP contribution in [0.15, 0.2) is 35.2 Å². The minimum Gasteiger partial charge on any atom is -0.493 e. The summed E-state index contributed by atoms with van der Waals surface area (Å²) in [5.74, 6) is 1.98. The molecule has 0 aliphatic carbocycles. The number of hydrogen-bond donors (Lipinski definition) is 0. The van der Waals surface area contributed by atoms with Gasteiger partial charge in [0.05, 0.1) is 19.2 Å². The highest BCUT2D eigenvalue weighted by Crippen LogP contribution is 2.34. The number of methoxy groups -OCH3 is 2. The van der Waals surface area contributed by atoms with Gasteiger partial charge in [-0.2, -0.15) is 4.31 Å². The first kappa shape index (κ1) is 23.6. The Kier molecular flexibility index (Phi) is 7.22. The van der Waals surface area contributed by atoms with Crippen LogP contribution in [0.4, 0.5) is 0 Å². The molecule has 2 aliphatic rings. The Balaban J connectivity index is 1.37. The zero-order valence-corrected chi connectivity index (χ0v) is 20.6. The maximum absolute atomic E-state index is 13.1. The fourth-order valence-corrected chi connectivity index (χ4v) is 6.82. The molecule has 0 saturated carbocycles. The summed E-state index contributed by atoms with van der Waals surface area (Å²) in [6, 6.07) is 8.71. The van der Waals surface area contributed by atoms with Gasteiger partial charge in [0.15, 0.2) is 11.5 Å². The van der Waals surface area contributed by atoms with Crippen LogP contribution in [0, 0.1) is 5.92 Å². The van der Waals surface area contributed by atoms with E-state index in [2.05, 4.69) is 17.0 Å². The van der Waals surface area contributed by atoms with Gasteiger partial charge in [-0.05, 0) is 66.6 Å². The van der Waals surface area contributed by atoms with E-state index < -0.39 is 10.0 Å². The van der Waals surface area contributed by atoms with Gasteiger partial charge in [0.1, 0.15) is 4.90 Å². The van der Waals surface area contributed by atoms with Crippen LogP contribution in [0.1, 0.15) is 24.0 Å². The Morgan fingerprint density at radius 3 is 2.28 bits per heavy atom. The summed E-state index contributed by atoms with van der Waals surface area (Å²) in [6.07, 6.45) is 2.62. The van der Waals surface area contributed by atoms with Gasteiger partial charge in [-0.25, -0.2) is 8.42 Å². The van der Waals surface area contributed by atoms with E-state index in [-0.39, 0.29) is 9.92 Å². The van der Waals surface area contributed by atoms with Gasteiger partial charge in [0, 0.05) is 37.7 Å². The van der Waals surface area contributed by atoms with E-state index in [1.165, 1.54) is 27.6 Å². The summed E-state index contributed by atoms with van der Waals surface area (Å²) in [5.41, 5.74) is 2.57. The Morgan fingerprint density at radius 2 is 1.62 bits per heavy atom.